The summed E-state index contributed by atoms with van der Waals surface area (Å²) in [5, 5.41) is 0. The van der Waals surface area contributed by atoms with Crippen LogP contribution in [0.15, 0.2) is 18.2 Å². The van der Waals surface area contributed by atoms with Crippen LogP contribution in [-0.2, 0) is 4.79 Å². The van der Waals surface area contributed by atoms with Crippen LogP contribution >= 0.6 is 0 Å². The predicted molar refractivity (Wildman–Crippen MR) is 74.4 cm³/mol. The average Bonchev–Trinajstić information content (AvgIpc) is 2.39. The number of halogens is 1. The summed E-state index contributed by atoms with van der Waals surface area (Å²) in [6.45, 7) is 7.88. The number of rotatable bonds is 6. The van der Waals surface area contributed by atoms with Gasteiger partial charge in [-0.3, -0.25) is 9.59 Å². The fraction of sp³-hybridized carbons (Fsp3) is 0.467. The number of nitrogens with zero attached hydrogens (tertiary/aromatic N) is 1. The van der Waals surface area contributed by atoms with Crippen LogP contribution in [0.2, 0.25) is 0 Å². The van der Waals surface area contributed by atoms with E-state index in [9.17, 15) is 14.0 Å². The van der Waals surface area contributed by atoms with Gasteiger partial charge >= 0.3 is 0 Å². The van der Waals surface area contributed by atoms with Crippen molar-refractivity contribution < 1.29 is 18.7 Å². The Morgan fingerprint density at radius 2 is 1.90 bits per heavy atom. The number of benzene rings is 1. The van der Waals surface area contributed by atoms with Gasteiger partial charge in [0.15, 0.2) is 11.9 Å². The maximum absolute atomic E-state index is 13.6. The van der Waals surface area contributed by atoms with Crippen molar-refractivity contribution in [3.8, 4) is 5.75 Å². The largest absolute Gasteiger partial charge is 0.481 e. The van der Waals surface area contributed by atoms with E-state index in [0.29, 0.717) is 13.1 Å². The van der Waals surface area contributed by atoms with Crippen molar-refractivity contribution >= 4 is 11.7 Å². The van der Waals surface area contributed by atoms with Gasteiger partial charge in [-0.1, -0.05) is 0 Å². The summed E-state index contributed by atoms with van der Waals surface area (Å²) in [5.41, 5.74) is 0.0140. The fourth-order valence-electron chi connectivity index (χ4n) is 1.90. The molecule has 0 aliphatic carbocycles. The van der Waals surface area contributed by atoms with Gasteiger partial charge in [0.2, 0.25) is 0 Å². The van der Waals surface area contributed by atoms with Crippen LogP contribution in [0.4, 0.5) is 4.39 Å². The first kappa shape index (κ1) is 16.1. The van der Waals surface area contributed by atoms with E-state index in [1.54, 1.807) is 11.8 Å². The first-order chi connectivity index (χ1) is 9.40. The Labute approximate surface area is 118 Å². The smallest absolute Gasteiger partial charge is 0.263 e. The van der Waals surface area contributed by atoms with E-state index in [1.165, 1.54) is 19.1 Å². The molecule has 0 saturated heterocycles. The number of hydrogen-bond acceptors (Lipinski definition) is 3. The van der Waals surface area contributed by atoms with Gasteiger partial charge in [-0.25, -0.2) is 4.39 Å². The van der Waals surface area contributed by atoms with Crippen molar-refractivity contribution in [1.82, 2.24) is 4.90 Å². The number of Topliss-reactive ketones (excluding diaryl/α,β-unsaturated/α-hetero) is 1. The lowest BCUT2D eigenvalue weighted by molar-refractivity contribution is -0.137. The van der Waals surface area contributed by atoms with Crippen LogP contribution in [0, 0.1) is 5.82 Å². The number of hydrogen-bond donors (Lipinski definition) is 0. The van der Waals surface area contributed by atoms with Gasteiger partial charge in [-0.05, 0) is 39.8 Å². The molecule has 1 amide bonds. The highest BCUT2D eigenvalue weighted by atomic mass is 19.1. The number of likely N-dealkylation sites (N-methyl/N-ethyl adjacent to an activating group) is 1. The highest BCUT2D eigenvalue weighted by Crippen LogP contribution is 2.18. The third kappa shape index (κ3) is 3.79. The zero-order valence-corrected chi connectivity index (χ0v) is 12.3. The molecule has 1 aromatic rings. The van der Waals surface area contributed by atoms with E-state index in [-0.39, 0.29) is 23.0 Å². The molecule has 0 aliphatic heterocycles. The van der Waals surface area contributed by atoms with Crippen LogP contribution in [0.5, 0.6) is 5.75 Å². The SMILES string of the molecule is CCN(CC)C(=O)C(C)Oc1ccc(C(C)=O)c(F)c1. The molecule has 0 aliphatic rings. The topological polar surface area (TPSA) is 46.6 Å². The molecule has 0 heterocycles. The maximum Gasteiger partial charge on any atom is 0.263 e. The summed E-state index contributed by atoms with van der Waals surface area (Å²) in [5.74, 6) is -0.898. The van der Waals surface area contributed by atoms with Gasteiger partial charge in [0.1, 0.15) is 11.6 Å². The van der Waals surface area contributed by atoms with Crippen LogP contribution in [-0.4, -0.2) is 35.8 Å². The predicted octanol–water partition coefficient (Wildman–Crippen LogP) is 2.66. The first-order valence-corrected chi connectivity index (χ1v) is 6.66. The lowest BCUT2D eigenvalue weighted by Crippen LogP contribution is -2.40. The summed E-state index contributed by atoms with van der Waals surface area (Å²) >= 11 is 0. The van der Waals surface area contributed by atoms with Crippen LogP contribution in [0.1, 0.15) is 38.1 Å². The van der Waals surface area contributed by atoms with E-state index in [0.717, 1.165) is 6.07 Å². The Morgan fingerprint density at radius 3 is 2.35 bits per heavy atom. The molecule has 1 aromatic carbocycles. The lowest BCUT2D eigenvalue weighted by atomic mass is 10.1. The molecule has 1 atom stereocenters. The Kier molecular flexibility index (Phi) is 5.67. The minimum atomic E-state index is -0.697. The van der Waals surface area contributed by atoms with E-state index < -0.39 is 11.9 Å². The summed E-state index contributed by atoms with van der Waals surface area (Å²) < 4.78 is 19.1. The quantitative estimate of drug-likeness (QED) is 0.753. The van der Waals surface area contributed by atoms with E-state index >= 15 is 0 Å². The number of carbonyl (C=O) groups excluding carboxylic acids is 2. The van der Waals surface area contributed by atoms with Gasteiger partial charge < -0.3 is 9.64 Å². The number of ether oxygens (including phenoxy) is 1. The average molecular weight is 281 g/mol. The monoisotopic (exact) mass is 281 g/mol. The normalized spacial score (nSPS) is 11.8. The number of amides is 1. The lowest BCUT2D eigenvalue weighted by Gasteiger charge is -2.23. The first-order valence-electron chi connectivity index (χ1n) is 6.66. The van der Waals surface area contributed by atoms with Crippen molar-refractivity contribution in [2.24, 2.45) is 0 Å². The summed E-state index contributed by atoms with van der Waals surface area (Å²) in [6, 6.07) is 3.98. The molecule has 0 spiro atoms. The molecular formula is C15H20FNO3. The fourth-order valence-corrected chi connectivity index (χ4v) is 1.90. The Bertz CT molecular complexity index is 498. The molecule has 0 N–H and O–H groups in total. The second-order valence-electron chi connectivity index (χ2n) is 4.47. The molecule has 4 nitrogen and oxygen atoms in total. The Hall–Kier alpha value is -1.91. The second kappa shape index (κ2) is 7.03. The second-order valence-corrected chi connectivity index (χ2v) is 4.47. The van der Waals surface area contributed by atoms with Gasteiger partial charge in [0.25, 0.3) is 5.91 Å². The standard InChI is InChI=1S/C15H20FNO3/c1-5-17(6-2)15(19)11(4)20-12-7-8-13(10(3)18)14(16)9-12/h7-9,11H,5-6H2,1-4H3. The van der Waals surface area contributed by atoms with Gasteiger partial charge in [0.05, 0.1) is 5.56 Å². The highest BCUT2D eigenvalue weighted by molar-refractivity contribution is 5.94. The van der Waals surface area contributed by atoms with Gasteiger partial charge in [0, 0.05) is 19.2 Å². The summed E-state index contributed by atoms with van der Waals surface area (Å²) in [7, 11) is 0. The van der Waals surface area contributed by atoms with E-state index in [4.69, 9.17) is 4.74 Å². The van der Waals surface area contributed by atoms with Crippen molar-refractivity contribution in [2.75, 3.05) is 13.1 Å². The third-order valence-corrected chi connectivity index (χ3v) is 3.06. The third-order valence-electron chi connectivity index (χ3n) is 3.06. The molecule has 0 radical (unpaired) electrons. The highest BCUT2D eigenvalue weighted by Gasteiger charge is 2.20. The van der Waals surface area contributed by atoms with Gasteiger partial charge in [-0.2, -0.15) is 0 Å². The van der Waals surface area contributed by atoms with E-state index in [2.05, 4.69) is 0 Å². The number of ketones is 1. The zero-order valence-electron chi connectivity index (χ0n) is 12.3. The molecule has 0 bridgehead atoms. The minimum absolute atomic E-state index is 0.0140. The summed E-state index contributed by atoms with van der Waals surface area (Å²) in [6.07, 6.45) is -0.697. The van der Waals surface area contributed by atoms with Crippen molar-refractivity contribution in [3.63, 3.8) is 0 Å². The zero-order chi connectivity index (χ0) is 15.3. The molecule has 5 heteroatoms. The van der Waals surface area contributed by atoms with Crippen LogP contribution in [0.3, 0.4) is 0 Å². The molecule has 1 rings (SSSR count). The van der Waals surface area contributed by atoms with Crippen molar-refractivity contribution in [1.29, 1.82) is 0 Å². The van der Waals surface area contributed by atoms with Gasteiger partial charge in [-0.15, -0.1) is 0 Å². The molecule has 0 aromatic heterocycles. The maximum atomic E-state index is 13.6. The minimum Gasteiger partial charge on any atom is -0.481 e. The number of carbonyl (C=O) groups is 2. The molecule has 110 valence electrons. The van der Waals surface area contributed by atoms with E-state index in [1.807, 2.05) is 13.8 Å². The molecule has 20 heavy (non-hydrogen) atoms. The van der Waals surface area contributed by atoms with Crippen LogP contribution < -0.4 is 4.74 Å². The Morgan fingerprint density at radius 1 is 1.30 bits per heavy atom. The Balaban J connectivity index is 2.81. The molecule has 0 fully saturated rings. The molecule has 1 unspecified atom stereocenters. The van der Waals surface area contributed by atoms with Crippen molar-refractivity contribution in [2.45, 2.75) is 33.8 Å². The van der Waals surface area contributed by atoms with Crippen molar-refractivity contribution in [3.05, 3.63) is 29.6 Å². The molecular weight excluding hydrogens is 261 g/mol. The molecule has 0 saturated carbocycles. The summed E-state index contributed by atoms with van der Waals surface area (Å²) in [4.78, 5) is 24.8. The van der Waals surface area contributed by atoms with Crippen LogP contribution in [0.25, 0.3) is 0 Å².